The average molecular weight is 364 g/mol. The number of carbonyl (C=O) groups excluding carboxylic acids is 1. The molecule has 5 rings (SSSR count). The fourth-order valence-electron chi connectivity index (χ4n) is 4.12. The summed E-state index contributed by atoms with van der Waals surface area (Å²) < 4.78 is 0. The molecule has 3 heteroatoms. The van der Waals surface area contributed by atoms with Gasteiger partial charge in [-0.25, -0.2) is 0 Å². The topological polar surface area (TPSA) is 41.5 Å². The fraction of sp³-hybridized carbons (Fsp3) is 0.120. The lowest BCUT2D eigenvalue weighted by molar-refractivity contribution is 0.106. The van der Waals surface area contributed by atoms with Gasteiger partial charge in [0.2, 0.25) is 5.78 Å². The number of hydrogen-bond acceptors (Lipinski definition) is 3. The lowest BCUT2D eigenvalue weighted by atomic mass is 9.84. The Morgan fingerprint density at radius 1 is 0.893 bits per heavy atom. The molecule has 0 spiro atoms. The minimum absolute atomic E-state index is 0.00739. The number of benzene rings is 4. The number of nitrogens with one attached hydrogen (secondary N) is 1. The molecule has 0 saturated heterocycles. The van der Waals surface area contributed by atoms with Crippen LogP contribution in [0.15, 0.2) is 84.0 Å². The standard InChI is InChI=1S/C25H20N2O/c1-16-10-12-17(13-11-16)25(28)24-22(15-26-27-24)23-20-8-4-2-6-18(20)14-19-7-3-5-9-21(19)23/h2-14,22,26H,15H2,1H3/t22-/m0/s1. The van der Waals surface area contributed by atoms with Crippen molar-refractivity contribution in [3.05, 3.63) is 95.6 Å². The number of Topliss-reactive ketones (excluding diaryl/α,β-unsaturated/α-hetero) is 1. The minimum Gasteiger partial charge on any atom is -0.309 e. The van der Waals surface area contributed by atoms with Crippen molar-refractivity contribution in [3.8, 4) is 0 Å². The van der Waals surface area contributed by atoms with Crippen LogP contribution in [0.25, 0.3) is 21.5 Å². The summed E-state index contributed by atoms with van der Waals surface area (Å²) in [7, 11) is 0. The van der Waals surface area contributed by atoms with Crippen molar-refractivity contribution < 1.29 is 4.79 Å². The first kappa shape index (κ1) is 16.7. The maximum Gasteiger partial charge on any atom is 0.209 e. The molecule has 0 aliphatic carbocycles. The minimum atomic E-state index is -0.0789. The Balaban J connectivity index is 1.69. The van der Waals surface area contributed by atoms with Gasteiger partial charge in [-0.1, -0.05) is 78.4 Å². The van der Waals surface area contributed by atoms with E-state index in [-0.39, 0.29) is 11.7 Å². The van der Waals surface area contributed by atoms with Crippen LogP contribution < -0.4 is 5.43 Å². The van der Waals surface area contributed by atoms with Crippen LogP contribution in [0, 0.1) is 6.92 Å². The van der Waals surface area contributed by atoms with Gasteiger partial charge >= 0.3 is 0 Å². The van der Waals surface area contributed by atoms with Crippen molar-refractivity contribution in [1.29, 1.82) is 0 Å². The van der Waals surface area contributed by atoms with Gasteiger partial charge in [0.05, 0.1) is 5.92 Å². The summed E-state index contributed by atoms with van der Waals surface area (Å²) in [5, 5.41) is 9.15. The molecule has 0 aromatic heterocycles. The van der Waals surface area contributed by atoms with Gasteiger partial charge < -0.3 is 5.43 Å². The number of rotatable bonds is 3. The molecule has 1 heterocycles. The Kier molecular flexibility index (Phi) is 3.94. The van der Waals surface area contributed by atoms with Crippen molar-refractivity contribution in [2.24, 2.45) is 5.10 Å². The highest BCUT2D eigenvalue weighted by Crippen LogP contribution is 2.36. The third kappa shape index (κ3) is 2.67. The number of hydrazone groups is 1. The van der Waals surface area contributed by atoms with E-state index >= 15 is 0 Å². The largest absolute Gasteiger partial charge is 0.309 e. The number of hydrogen-bond donors (Lipinski definition) is 1. The van der Waals surface area contributed by atoms with Crippen molar-refractivity contribution in [2.45, 2.75) is 12.8 Å². The first-order valence-corrected chi connectivity index (χ1v) is 9.54. The van der Waals surface area contributed by atoms with Gasteiger partial charge in [0.25, 0.3) is 0 Å². The quantitative estimate of drug-likeness (QED) is 0.400. The predicted molar refractivity (Wildman–Crippen MR) is 115 cm³/mol. The van der Waals surface area contributed by atoms with Gasteiger partial charge in [0.1, 0.15) is 5.71 Å². The van der Waals surface area contributed by atoms with Crippen LogP contribution in [0.4, 0.5) is 0 Å². The second kappa shape index (κ2) is 6.61. The highest BCUT2D eigenvalue weighted by molar-refractivity contribution is 6.48. The smallest absolute Gasteiger partial charge is 0.209 e. The summed E-state index contributed by atoms with van der Waals surface area (Å²) in [6.07, 6.45) is 0. The van der Waals surface area contributed by atoms with Crippen molar-refractivity contribution >= 4 is 33.0 Å². The molecule has 136 valence electrons. The summed E-state index contributed by atoms with van der Waals surface area (Å²) in [5.74, 6) is -0.0863. The molecule has 0 radical (unpaired) electrons. The normalized spacial score (nSPS) is 16.2. The van der Waals surface area contributed by atoms with Gasteiger partial charge in [0.15, 0.2) is 0 Å². The van der Waals surface area contributed by atoms with Crippen LogP contribution in [0.1, 0.15) is 27.4 Å². The number of carbonyl (C=O) groups is 1. The Hall–Kier alpha value is -3.46. The van der Waals surface area contributed by atoms with Crippen LogP contribution in [0.3, 0.4) is 0 Å². The van der Waals surface area contributed by atoms with Gasteiger partial charge in [-0.3, -0.25) is 4.79 Å². The van der Waals surface area contributed by atoms with Crippen LogP contribution in [0.5, 0.6) is 0 Å². The Morgan fingerprint density at radius 3 is 2.14 bits per heavy atom. The summed E-state index contributed by atoms with van der Waals surface area (Å²) in [4.78, 5) is 13.2. The third-order valence-electron chi connectivity index (χ3n) is 5.53. The van der Waals surface area contributed by atoms with Crippen molar-refractivity contribution in [3.63, 3.8) is 0 Å². The second-order valence-corrected chi connectivity index (χ2v) is 7.34. The van der Waals surface area contributed by atoms with E-state index in [1.807, 2.05) is 31.2 Å². The first-order valence-electron chi connectivity index (χ1n) is 9.54. The zero-order chi connectivity index (χ0) is 19.1. The van der Waals surface area contributed by atoms with E-state index in [1.165, 1.54) is 27.1 Å². The average Bonchev–Trinajstić information content (AvgIpc) is 3.21. The maximum absolute atomic E-state index is 13.2. The molecular formula is C25H20N2O. The van der Waals surface area contributed by atoms with Crippen molar-refractivity contribution in [1.82, 2.24) is 5.43 Å². The van der Waals surface area contributed by atoms with Crippen LogP contribution in [0.2, 0.25) is 0 Å². The SMILES string of the molecule is Cc1ccc(C(=O)C2=NNC[C@H]2c2c3ccccc3cc3ccccc23)cc1. The lowest BCUT2D eigenvalue weighted by Gasteiger charge is -2.18. The van der Waals surface area contributed by atoms with Gasteiger partial charge in [0, 0.05) is 12.1 Å². The third-order valence-corrected chi connectivity index (χ3v) is 5.53. The highest BCUT2D eigenvalue weighted by Gasteiger charge is 2.31. The maximum atomic E-state index is 13.2. The Morgan fingerprint density at radius 2 is 1.50 bits per heavy atom. The fourth-order valence-corrected chi connectivity index (χ4v) is 4.12. The zero-order valence-electron chi connectivity index (χ0n) is 15.6. The number of fused-ring (bicyclic) bond motifs is 2. The van der Waals surface area contributed by atoms with Gasteiger partial charge in [-0.05, 0) is 40.1 Å². The molecule has 0 unspecified atom stereocenters. The zero-order valence-corrected chi connectivity index (χ0v) is 15.6. The molecule has 4 aromatic rings. The number of nitrogens with zero attached hydrogens (tertiary/aromatic N) is 1. The summed E-state index contributed by atoms with van der Waals surface area (Å²) in [6, 6.07) is 26.7. The van der Waals surface area contributed by atoms with E-state index in [1.54, 1.807) is 0 Å². The van der Waals surface area contributed by atoms with E-state index in [0.717, 1.165) is 5.56 Å². The van der Waals surface area contributed by atoms with Crippen molar-refractivity contribution in [2.75, 3.05) is 6.54 Å². The highest BCUT2D eigenvalue weighted by atomic mass is 16.1. The number of ketones is 1. The van der Waals surface area contributed by atoms with Crippen LogP contribution in [-0.2, 0) is 0 Å². The monoisotopic (exact) mass is 364 g/mol. The first-order chi connectivity index (χ1) is 13.7. The van der Waals surface area contributed by atoms with Gasteiger partial charge in [-0.2, -0.15) is 5.10 Å². The summed E-state index contributed by atoms with van der Waals surface area (Å²) in [6.45, 7) is 2.65. The molecule has 1 atom stereocenters. The summed E-state index contributed by atoms with van der Waals surface area (Å²) >= 11 is 0. The van der Waals surface area contributed by atoms with E-state index in [9.17, 15) is 4.79 Å². The van der Waals surface area contributed by atoms with Gasteiger partial charge in [-0.15, -0.1) is 0 Å². The molecule has 1 aliphatic heterocycles. The number of aryl methyl sites for hydroxylation is 1. The summed E-state index contributed by atoms with van der Waals surface area (Å²) in [5.41, 5.74) is 6.67. The van der Waals surface area contributed by atoms with E-state index in [4.69, 9.17) is 0 Å². The molecule has 0 fully saturated rings. The van der Waals surface area contributed by atoms with Crippen LogP contribution in [-0.4, -0.2) is 18.0 Å². The molecule has 3 nitrogen and oxygen atoms in total. The van der Waals surface area contributed by atoms with E-state index < -0.39 is 0 Å². The molecule has 1 N–H and O–H groups in total. The van der Waals surface area contributed by atoms with E-state index in [2.05, 4.69) is 65.1 Å². The molecule has 0 bridgehead atoms. The predicted octanol–water partition coefficient (Wildman–Crippen LogP) is 5.23. The second-order valence-electron chi connectivity index (χ2n) is 7.34. The molecule has 0 amide bonds. The Labute approximate surface area is 163 Å². The molecule has 1 aliphatic rings. The Bertz CT molecular complexity index is 1180. The molecular weight excluding hydrogens is 344 g/mol. The molecule has 0 saturated carbocycles. The molecule has 28 heavy (non-hydrogen) atoms. The van der Waals surface area contributed by atoms with Crippen LogP contribution >= 0.6 is 0 Å². The lowest BCUT2D eigenvalue weighted by Crippen LogP contribution is -2.22. The molecule has 4 aromatic carbocycles. The van der Waals surface area contributed by atoms with E-state index in [0.29, 0.717) is 17.8 Å².